The molecule has 0 saturated carbocycles. The summed E-state index contributed by atoms with van der Waals surface area (Å²) in [4.78, 5) is 12.5. The zero-order valence-electron chi connectivity index (χ0n) is 16.0. The van der Waals surface area contributed by atoms with E-state index < -0.39 is 0 Å². The number of nitrogens with one attached hydrogen (secondary N) is 1. The number of benzene rings is 2. The van der Waals surface area contributed by atoms with E-state index in [0.717, 1.165) is 27.7 Å². The predicted molar refractivity (Wildman–Crippen MR) is 107 cm³/mol. The smallest absolute Gasteiger partial charge is 0.248 e. The van der Waals surface area contributed by atoms with Crippen molar-refractivity contribution in [3.05, 3.63) is 53.8 Å². The number of ether oxygens (including phenoxy) is 3. The maximum Gasteiger partial charge on any atom is 0.248 e. The number of amides is 1. The first kappa shape index (κ1) is 18.0. The second kappa shape index (κ2) is 7.31. The van der Waals surface area contributed by atoms with Crippen molar-refractivity contribution in [1.29, 1.82) is 0 Å². The van der Waals surface area contributed by atoms with Crippen LogP contribution in [0.4, 0.5) is 5.69 Å². The molecular formula is C22H21NO5. The van der Waals surface area contributed by atoms with Gasteiger partial charge in [-0.1, -0.05) is 0 Å². The summed E-state index contributed by atoms with van der Waals surface area (Å²) in [5.41, 5.74) is 4.07. The molecule has 0 spiro atoms. The van der Waals surface area contributed by atoms with Crippen LogP contribution < -0.4 is 19.5 Å². The zero-order valence-corrected chi connectivity index (χ0v) is 16.0. The lowest BCUT2D eigenvalue weighted by Crippen LogP contribution is -2.16. The quantitative estimate of drug-likeness (QED) is 0.673. The van der Waals surface area contributed by atoms with Crippen molar-refractivity contribution in [3.8, 4) is 17.2 Å². The number of aryl methyl sites for hydroxylation is 1. The fourth-order valence-electron chi connectivity index (χ4n) is 3.23. The molecule has 3 aromatic rings. The van der Waals surface area contributed by atoms with E-state index >= 15 is 0 Å². The third kappa shape index (κ3) is 3.41. The van der Waals surface area contributed by atoms with Gasteiger partial charge in [-0.3, -0.25) is 4.79 Å². The molecule has 1 N–H and O–H groups in total. The second-order valence-corrected chi connectivity index (χ2v) is 6.64. The highest BCUT2D eigenvalue weighted by atomic mass is 16.6. The Hall–Kier alpha value is -3.41. The van der Waals surface area contributed by atoms with E-state index in [1.54, 1.807) is 37.6 Å². The Kier molecular flexibility index (Phi) is 4.69. The van der Waals surface area contributed by atoms with Crippen LogP contribution in [-0.2, 0) is 4.79 Å². The molecule has 0 bridgehead atoms. The number of rotatable bonds is 4. The molecule has 2 aromatic carbocycles. The van der Waals surface area contributed by atoms with Crippen molar-refractivity contribution in [1.82, 2.24) is 0 Å². The largest absolute Gasteiger partial charge is 0.496 e. The van der Waals surface area contributed by atoms with Crippen LogP contribution in [0.1, 0.15) is 18.1 Å². The normalized spacial score (nSPS) is 13.5. The fourth-order valence-corrected chi connectivity index (χ4v) is 3.23. The van der Waals surface area contributed by atoms with E-state index in [9.17, 15) is 4.79 Å². The van der Waals surface area contributed by atoms with Crippen LogP contribution in [0.25, 0.3) is 16.5 Å². The van der Waals surface area contributed by atoms with Gasteiger partial charge in [-0.15, -0.1) is 0 Å². The molecule has 6 nitrogen and oxygen atoms in total. The van der Waals surface area contributed by atoms with Crippen LogP contribution in [0.2, 0.25) is 0 Å². The minimum Gasteiger partial charge on any atom is -0.496 e. The van der Waals surface area contributed by atoms with E-state index in [1.807, 2.05) is 26.0 Å². The number of allylic oxidation sites excluding steroid dienone is 1. The molecule has 2 heterocycles. The van der Waals surface area contributed by atoms with E-state index in [0.29, 0.717) is 36.1 Å². The van der Waals surface area contributed by atoms with Gasteiger partial charge in [0.25, 0.3) is 0 Å². The first-order valence-corrected chi connectivity index (χ1v) is 9.00. The summed E-state index contributed by atoms with van der Waals surface area (Å²) < 4.78 is 22.1. The van der Waals surface area contributed by atoms with Crippen LogP contribution in [-0.4, -0.2) is 26.2 Å². The van der Waals surface area contributed by atoms with Gasteiger partial charge in [-0.2, -0.15) is 0 Å². The summed E-state index contributed by atoms with van der Waals surface area (Å²) >= 11 is 0. The number of hydrogen-bond acceptors (Lipinski definition) is 5. The Morgan fingerprint density at radius 2 is 1.93 bits per heavy atom. The third-order valence-corrected chi connectivity index (χ3v) is 4.67. The molecule has 0 radical (unpaired) electrons. The van der Waals surface area contributed by atoms with Gasteiger partial charge >= 0.3 is 0 Å². The summed E-state index contributed by atoms with van der Waals surface area (Å²) in [6, 6.07) is 9.16. The maximum absolute atomic E-state index is 12.5. The minimum atomic E-state index is -0.236. The number of carbonyl (C=O) groups excluding carboxylic acids is 1. The first-order valence-electron chi connectivity index (χ1n) is 9.00. The Bertz CT molecular complexity index is 1080. The Labute approximate surface area is 162 Å². The average molecular weight is 379 g/mol. The molecule has 28 heavy (non-hydrogen) atoms. The lowest BCUT2D eigenvalue weighted by molar-refractivity contribution is -0.111. The molecule has 0 fully saturated rings. The molecule has 1 aliphatic rings. The fraction of sp³-hybridized carbons (Fsp3) is 0.227. The van der Waals surface area contributed by atoms with Crippen molar-refractivity contribution in [2.45, 2.75) is 13.8 Å². The highest BCUT2D eigenvalue weighted by molar-refractivity contribution is 6.04. The van der Waals surface area contributed by atoms with Crippen molar-refractivity contribution in [2.75, 3.05) is 25.6 Å². The van der Waals surface area contributed by atoms with E-state index in [4.69, 9.17) is 18.6 Å². The molecule has 0 saturated heterocycles. The summed E-state index contributed by atoms with van der Waals surface area (Å²) in [7, 11) is 1.60. The van der Waals surface area contributed by atoms with Gasteiger partial charge in [-0.25, -0.2) is 0 Å². The lowest BCUT2D eigenvalue weighted by atomic mass is 10.0. The van der Waals surface area contributed by atoms with E-state index in [2.05, 4.69) is 5.32 Å². The highest BCUT2D eigenvalue weighted by Gasteiger charge is 2.14. The van der Waals surface area contributed by atoms with Gasteiger partial charge in [0.2, 0.25) is 5.91 Å². The van der Waals surface area contributed by atoms with Gasteiger partial charge in [0.05, 0.1) is 13.4 Å². The number of fused-ring (bicyclic) bond motifs is 2. The Morgan fingerprint density at radius 3 is 2.71 bits per heavy atom. The van der Waals surface area contributed by atoms with Crippen LogP contribution in [0.3, 0.4) is 0 Å². The van der Waals surface area contributed by atoms with Crippen LogP contribution in [0, 0.1) is 6.92 Å². The molecule has 144 valence electrons. The lowest BCUT2D eigenvalue weighted by Gasteiger charge is -2.18. The van der Waals surface area contributed by atoms with E-state index in [-0.39, 0.29) is 5.91 Å². The van der Waals surface area contributed by atoms with Crippen LogP contribution in [0.15, 0.2) is 47.1 Å². The standard InChI is InChI=1S/C22H21NO5/c1-13(16-10-17-14(2)12-28-20(17)11-19(16)25-3)8-22(24)23-15-4-5-18-21(9-15)27-7-6-26-18/h4-5,8-12H,6-7H2,1-3H3,(H,23,24)/b13-8+. The average Bonchev–Trinajstić information content (AvgIpc) is 3.06. The summed E-state index contributed by atoms with van der Waals surface area (Å²) in [5, 5.41) is 3.86. The highest BCUT2D eigenvalue weighted by Crippen LogP contribution is 2.34. The van der Waals surface area contributed by atoms with Gasteiger partial charge in [0.15, 0.2) is 11.5 Å². The number of anilines is 1. The monoisotopic (exact) mass is 379 g/mol. The molecule has 0 unspecified atom stereocenters. The summed E-state index contributed by atoms with van der Waals surface area (Å²) in [5.74, 6) is 1.74. The van der Waals surface area contributed by atoms with Gasteiger partial charge in [0.1, 0.15) is 24.5 Å². The molecule has 1 amide bonds. The van der Waals surface area contributed by atoms with Crippen molar-refractivity contribution >= 4 is 28.1 Å². The van der Waals surface area contributed by atoms with E-state index in [1.165, 1.54) is 0 Å². The minimum absolute atomic E-state index is 0.236. The van der Waals surface area contributed by atoms with Crippen molar-refractivity contribution in [2.24, 2.45) is 0 Å². The molecule has 6 heteroatoms. The molecule has 1 aliphatic heterocycles. The third-order valence-electron chi connectivity index (χ3n) is 4.67. The number of furan rings is 1. The maximum atomic E-state index is 12.5. The van der Waals surface area contributed by atoms with Crippen molar-refractivity contribution < 1.29 is 23.4 Å². The van der Waals surface area contributed by atoms with Gasteiger partial charge in [-0.05, 0) is 43.2 Å². The van der Waals surface area contributed by atoms with Crippen LogP contribution >= 0.6 is 0 Å². The molecule has 0 aliphatic carbocycles. The Balaban J connectivity index is 1.59. The molecular weight excluding hydrogens is 358 g/mol. The predicted octanol–water partition coefficient (Wildman–Crippen LogP) is 4.56. The molecule has 0 atom stereocenters. The van der Waals surface area contributed by atoms with Gasteiger partial charge in [0, 0.05) is 34.8 Å². The molecule has 1 aromatic heterocycles. The topological polar surface area (TPSA) is 69.9 Å². The first-order chi connectivity index (χ1) is 13.5. The molecule has 4 rings (SSSR count). The zero-order chi connectivity index (χ0) is 19.7. The number of carbonyl (C=O) groups is 1. The summed E-state index contributed by atoms with van der Waals surface area (Å²) in [6.45, 7) is 4.89. The summed E-state index contributed by atoms with van der Waals surface area (Å²) in [6.07, 6.45) is 3.26. The second-order valence-electron chi connectivity index (χ2n) is 6.64. The number of hydrogen-bond donors (Lipinski definition) is 1. The SMILES string of the molecule is COc1cc2occ(C)c2cc1/C(C)=C/C(=O)Nc1ccc2c(c1)OCCO2. The van der Waals surface area contributed by atoms with Crippen LogP contribution in [0.5, 0.6) is 17.2 Å². The number of methoxy groups -OCH3 is 1. The Morgan fingerprint density at radius 1 is 1.14 bits per heavy atom. The van der Waals surface area contributed by atoms with Gasteiger partial charge < -0.3 is 23.9 Å². The van der Waals surface area contributed by atoms with Crippen molar-refractivity contribution in [3.63, 3.8) is 0 Å².